The number of para-hydroxylation sites is 1. The summed E-state index contributed by atoms with van der Waals surface area (Å²) >= 11 is 0. The minimum absolute atomic E-state index is 0.596. The van der Waals surface area contributed by atoms with Crippen LogP contribution in [0.5, 0.6) is 0 Å². The first-order chi connectivity index (χ1) is 26.2. The zero-order chi connectivity index (χ0) is 37.3. The molecular weight excluding hydrogens is 643 g/mol. The van der Waals surface area contributed by atoms with Crippen LogP contribution >= 0.6 is 0 Å². The Bertz CT molecular complexity index is 2250. The van der Waals surface area contributed by atoms with E-state index in [0.717, 1.165) is 29.1 Å². The van der Waals surface area contributed by atoms with E-state index in [1.807, 2.05) is 69.3 Å². The number of nitrogens with zero attached hydrogens (tertiary/aromatic N) is 3. The van der Waals surface area contributed by atoms with Gasteiger partial charge in [-0.1, -0.05) is 183 Å². The molecule has 0 N–H and O–H groups in total. The lowest BCUT2D eigenvalue weighted by Gasteiger charge is -2.11. The number of hydrogen-bond donors (Lipinski definition) is 0. The number of hydrogen-bond acceptors (Lipinski definition) is 2. The van der Waals surface area contributed by atoms with Crippen LogP contribution in [0, 0.1) is 6.92 Å². The van der Waals surface area contributed by atoms with Crippen molar-refractivity contribution in [3.05, 3.63) is 210 Å². The molecule has 3 nitrogen and oxygen atoms in total. The number of aromatic nitrogens is 1. The van der Waals surface area contributed by atoms with Gasteiger partial charge in [0.05, 0.1) is 23.3 Å². The van der Waals surface area contributed by atoms with Gasteiger partial charge in [0.2, 0.25) is 0 Å². The number of fused-ring (bicyclic) bond motifs is 3. The fourth-order valence-electron chi connectivity index (χ4n) is 6.06. The van der Waals surface area contributed by atoms with E-state index in [1.165, 1.54) is 44.1 Å². The lowest BCUT2D eigenvalue weighted by atomic mass is 10.0. The van der Waals surface area contributed by atoms with Crippen LogP contribution in [-0.2, 0) is 6.54 Å². The maximum Gasteiger partial charge on any atom is 0.0723 e. The predicted molar refractivity (Wildman–Crippen MR) is 231 cm³/mol. The van der Waals surface area contributed by atoms with Gasteiger partial charge in [-0.3, -0.25) is 4.99 Å². The molecule has 0 fully saturated rings. The van der Waals surface area contributed by atoms with Crippen molar-refractivity contribution in [2.24, 2.45) is 9.98 Å². The summed E-state index contributed by atoms with van der Waals surface area (Å²) in [6.07, 6.45) is 0. The molecule has 0 aliphatic carbocycles. The number of benzene rings is 7. The highest BCUT2D eigenvalue weighted by Gasteiger charge is 2.14. The third kappa shape index (κ3) is 9.93. The molecule has 0 saturated carbocycles. The van der Waals surface area contributed by atoms with Crippen LogP contribution in [0.3, 0.4) is 0 Å². The quantitative estimate of drug-likeness (QED) is 0.149. The summed E-state index contributed by atoms with van der Waals surface area (Å²) in [5.41, 5.74) is 11.7. The molecule has 0 aliphatic rings. The highest BCUT2D eigenvalue weighted by molar-refractivity contribution is 6.13. The van der Waals surface area contributed by atoms with Gasteiger partial charge in [0.25, 0.3) is 0 Å². The lowest BCUT2D eigenvalue weighted by molar-refractivity contribution is 1.05. The fraction of sp³-hybridized carbons (Fsp3) is 0.120. The van der Waals surface area contributed by atoms with Crippen LogP contribution in [0.2, 0.25) is 0 Å². The molecule has 3 heteroatoms. The van der Waals surface area contributed by atoms with Crippen LogP contribution in [0.4, 0.5) is 0 Å². The number of rotatable bonds is 7. The van der Waals surface area contributed by atoms with E-state index in [2.05, 4.69) is 163 Å². The molecule has 0 unspecified atom stereocenters. The van der Waals surface area contributed by atoms with Crippen molar-refractivity contribution in [3.63, 3.8) is 0 Å². The Morgan fingerprint density at radius 1 is 0.528 bits per heavy atom. The van der Waals surface area contributed by atoms with E-state index in [1.54, 1.807) is 0 Å². The largest absolute Gasteiger partial charge is 0.309 e. The number of aliphatic imine (C=N–C) groups is 2. The van der Waals surface area contributed by atoms with E-state index in [9.17, 15) is 0 Å². The third-order valence-corrected chi connectivity index (χ3v) is 8.63. The second-order valence-corrected chi connectivity index (χ2v) is 12.2. The molecule has 0 saturated heterocycles. The number of aryl methyl sites for hydroxylation is 1. The van der Waals surface area contributed by atoms with Crippen LogP contribution in [-0.4, -0.2) is 23.5 Å². The lowest BCUT2D eigenvalue weighted by Crippen LogP contribution is -2.04. The van der Waals surface area contributed by atoms with Crippen molar-refractivity contribution in [1.82, 2.24) is 4.57 Å². The minimum Gasteiger partial charge on any atom is -0.309 e. The Kier molecular flexibility index (Phi) is 14.2. The van der Waals surface area contributed by atoms with E-state index >= 15 is 0 Å². The van der Waals surface area contributed by atoms with Crippen LogP contribution in [0.15, 0.2) is 198 Å². The summed E-state index contributed by atoms with van der Waals surface area (Å²) in [6.45, 7) is 12.7. The summed E-state index contributed by atoms with van der Waals surface area (Å²) < 4.78 is 2.39. The van der Waals surface area contributed by atoms with Gasteiger partial charge in [-0.15, -0.1) is 0 Å². The summed E-state index contributed by atoms with van der Waals surface area (Å²) in [4.78, 5) is 8.64. The SMILES string of the molecule is C=NCC.CC.Cc1ccc(-c2ccc3c4ccccc4n(-c4cccc(CN=C(c5ccccc5)c5ccccc5)c4)c3c2)cc1.c1ccccc1. The van der Waals surface area contributed by atoms with Crippen molar-refractivity contribution < 1.29 is 0 Å². The average Bonchev–Trinajstić information content (AvgIpc) is 3.57. The monoisotopic (exact) mass is 691 g/mol. The van der Waals surface area contributed by atoms with Crippen LogP contribution < -0.4 is 0 Å². The molecule has 264 valence electrons. The summed E-state index contributed by atoms with van der Waals surface area (Å²) in [5, 5.41) is 2.52. The van der Waals surface area contributed by atoms with Gasteiger partial charge in [-0.25, -0.2) is 0 Å². The molecule has 8 aromatic rings. The first-order valence-electron chi connectivity index (χ1n) is 18.4. The van der Waals surface area contributed by atoms with E-state index < -0.39 is 0 Å². The normalized spacial score (nSPS) is 10.1. The molecule has 53 heavy (non-hydrogen) atoms. The molecule has 0 amide bonds. The van der Waals surface area contributed by atoms with Crippen molar-refractivity contribution >= 4 is 34.2 Å². The minimum atomic E-state index is 0.596. The first kappa shape index (κ1) is 37.9. The maximum absolute atomic E-state index is 5.15. The molecule has 1 aromatic heterocycles. The van der Waals surface area contributed by atoms with Gasteiger partial charge >= 0.3 is 0 Å². The maximum atomic E-state index is 5.15. The topological polar surface area (TPSA) is 29.6 Å². The second kappa shape index (κ2) is 19.9. The average molecular weight is 692 g/mol. The summed E-state index contributed by atoms with van der Waals surface area (Å²) in [7, 11) is 0. The van der Waals surface area contributed by atoms with E-state index in [-0.39, 0.29) is 0 Å². The highest BCUT2D eigenvalue weighted by atomic mass is 15.0. The van der Waals surface area contributed by atoms with E-state index in [4.69, 9.17) is 4.99 Å². The van der Waals surface area contributed by atoms with Crippen molar-refractivity contribution in [2.75, 3.05) is 6.54 Å². The van der Waals surface area contributed by atoms with Gasteiger partial charge in [0.15, 0.2) is 0 Å². The Morgan fingerprint density at radius 2 is 1.04 bits per heavy atom. The van der Waals surface area contributed by atoms with Gasteiger partial charge in [-0.05, 0) is 61.5 Å². The van der Waals surface area contributed by atoms with Crippen molar-refractivity contribution in [3.8, 4) is 16.8 Å². The Morgan fingerprint density at radius 3 is 1.62 bits per heavy atom. The molecule has 0 atom stereocenters. The summed E-state index contributed by atoms with van der Waals surface area (Å²) in [5.74, 6) is 0. The Hall–Kier alpha value is -6.32. The van der Waals surface area contributed by atoms with E-state index in [0.29, 0.717) is 6.54 Å². The second-order valence-electron chi connectivity index (χ2n) is 12.2. The van der Waals surface area contributed by atoms with Crippen LogP contribution in [0.25, 0.3) is 38.6 Å². The molecule has 0 spiro atoms. The van der Waals surface area contributed by atoms with Gasteiger partial charge < -0.3 is 9.56 Å². The van der Waals surface area contributed by atoms with Gasteiger partial charge in [-0.2, -0.15) is 0 Å². The summed E-state index contributed by atoms with van der Waals surface area (Å²) in [6, 6.07) is 66.0. The van der Waals surface area contributed by atoms with Crippen molar-refractivity contribution in [1.29, 1.82) is 0 Å². The highest BCUT2D eigenvalue weighted by Crippen LogP contribution is 2.35. The Balaban J connectivity index is 0.000000392. The fourth-order valence-corrected chi connectivity index (χ4v) is 6.06. The molecule has 0 aliphatic heterocycles. The predicted octanol–water partition coefficient (Wildman–Crippen LogP) is 13.2. The molecular formula is C50H49N3. The smallest absolute Gasteiger partial charge is 0.0723 e. The molecule has 8 rings (SSSR count). The molecule has 7 aromatic carbocycles. The standard InChI is InChI=1S/C39H30N2.C6H6.C3H7N.C2H6/c1-28-19-21-30(22-20-28)33-23-24-36-35-17-8-9-18-37(35)41(38(36)26-33)34-16-10-11-29(25-34)27-40-39(31-12-4-2-5-13-31)32-14-6-3-7-15-32;1-2-4-6-5-3-1;1-3-4-2;1-2/h2-26H,27H2,1H3;1-6H;2-3H2,1H3;1-2H3. The molecule has 0 radical (unpaired) electrons. The van der Waals surface area contributed by atoms with Gasteiger partial charge in [0, 0.05) is 34.1 Å². The van der Waals surface area contributed by atoms with Crippen LogP contribution in [0.1, 0.15) is 43.0 Å². The first-order valence-corrected chi connectivity index (χ1v) is 18.4. The van der Waals surface area contributed by atoms with Gasteiger partial charge in [0.1, 0.15) is 0 Å². The zero-order valence-electron chi connectivity index (χ0n) is 31.4. The third-order valence-electron chi connectivity index (χ3n) is 8.63. The molecule has 1 heterocycles. The molecule has 0 bridgehead atoms. The zero-order valence-corrected chi connectivity index (χ0v) is 31.4. The van der Waals surface area contributed by atoms with Crippen molar-refractivity contribution in [2.45, 2.75) is 34.2 Å². The Labute approximate surface area is 315 Å².